The van der Waals surface area contributed by atoms with Crippen LogP contribution in [0.2, 0.25) is 0 Å². The van der Waals surface area contributed by atoms with Gasteiger partial charge in [0.05, 0.1) is 12.8 Å². The number of carbonyl (C=O) groups is 1. The van der Waals surface area contributed by atoms with Gasteiger partial charge in [0.1, 0.15) is 0 Å². The summed E-state index contributed by atoms with van der Waals surface area (Å²) in [7, 11) is 1.59. The number of ether oxygens (including phenoxy) is 1. The number of hydrogen-bond acceptors (Lipinski definition) is 4. The van der Waals surface area contributed by atoms with E-state index in [9.17, 15) is 4.79 Å². The van der Waals surface area contributed by atoms with Crippen LogP contribution in [0, 0.1) is 11.8 Å². The van der Waals surface area contributed by atoms with Gasteiger partial charge in [-0.15, -0.1) is 0 Å². The first-order valence-electron chi connectivity index (χ1n) is 12.2. The van der Waals surface area contributed by atoms with E-state index >= 15 is 0 Å². The van der Waals surface area contributed by atoms with Crippen LogP contribution in [0.15, 0.2) is 70.9 Å². The molecule has 0 saturated heterocycles. The van der Waals surface area contributed by atoms with E-state index in [-0.39, 0.29) is 17.6 Å². The van der Waals surface area contributed by atoms with Crippen molar-refractivity contribution in [2.24, 2.45) is 11.8 Å². The highest BCUT2D eigenvalue weighted by Gasteiger charge is 2.34. The Bertz CT molecular complexity index is 889. The fraction of sp³-hybridized carbons (Fsp3) is 0.517. The monoisotopic (exact) mass is 450 g/mol. The molecule has 1 aliphatic carbocycles. The highest BCUT2D eigenvalue weighted by atomic mass is 16.5. The number of ketones is 1. The van der Waals surface area contributed by atoms with Crippen LogP contribution in [-0.2, 0) is 16.1 Å². The molecule has 2 atom stereocenters. The van der Waals surface area contributed by atoms with Crippen molar-refractivity contribution < 1.29 is 9.53 Å². The van der Waals surface area contributed by atoms with E-state index in [0.29, 0.717) is 12.3 Å². The number of Topliss-reactive ketones (excluding diaryl/α,β-unsaturated/α-hetero) is 1. The summed E-state index contributed by atoms with van der Waals surface area (Å²) in [6.07, 6.45) is 16.7. The minimum absolute atomic E-state index is 0.0345. The summed E-state index contributed by atoms with van der Waals surface area (Å²) >= 11 is 0. The second kappa shape index (κ2) is 13.8. The molecule has 1 unspecified atom stereocenters. The van der Waals surface area contributed by atoms with Crippen molar-refractivity contribution in [1.82, 2.24) is 10.3 Å². The molecule has 4 heteroatoms. The molecule has 0 radical (unpaired) electrons. The molecule has 2 rings (SSSR count). The zero-order valence-corrected chi connectivity index (χ0v) is 21.4. The van der Waals surface area contributed by atoms with Gasteiger partial charge >= 0.3 is 0 Å². The topological polar surface area (TPSA) is 51.2 Å². The standard InChI is InChI=1S/C29H42N2O2/c1-21(2)9-7-10-22(3)11-8-12-23(4)13-14-26-19-27(29(33-6)28(32)24(26)5)31-20-25-15-17-30-18-16-25/h9,11,13,15-18,24,26,31H,7-8,10,12,14,19-20H2,1-6H3/b22-11+,23-13+/t24?,26-/m1/s1. The molecule has 33 heavy (non-hydrogen) atoms. The predicted molar refractivity (Wildman–Crippen MR) is 137 cm³/mol. The van der Waals surface area contributed by atoms with Crippen LogP contribution < -0.4 is 5.32 Å². The Kier molecular flexibility index (Phi) is 11.2. The third-order valence-corrected chi connectivity index (χ3v) is 6.44. The van der Waals surface area contributed by atoms with Gasteiger partial charge in [0.2, 0.25) is 5.78 Å². The molecule has 0 saturated carbocycles. The zero-order valence-electron chi connectivity index (χ0n) is 21.4. The Morgan fingerprint density at radius 3 is 2.33 bits per heavy atom. The molecule has 1 aromatic heterocycles. The van der Waals surface area contributed by atoms with Crippen molar-refractivity contribution in [2.75, 3.05) is 7.11 Å². The second-order valence-corrected chi connectivity index (χ2v) is 9.53. The lowest BCUT2D eigenvalue weighted by atomic mass is 9.78. The summed E-state index contributed by atoms with van der Waals surface area (Å²) in [5.41, 5.74) is 6.31. The Hall–Kier alpha value is -2.62. The smallest absolute Gasteiger partial charge is 0.202 e. The van der Waals surface area contributed by atoms with Gasteiger partial charge in [0, 0.05) is 24.9 Å². The molecule has 1 aliphatic rings. The Balaban J connectivity index is 1.92. The first kappa shape index (κ1) is 26.6. The summed E-state index contributed by atoms with van der Waals surface area (Å²) in [5, 5.41) is 3.45. The van der Waals surface area contributed by atoms with Crippen LogP contribution in [0.1, 0.15) is 78.7 Å². The molecule has 0 fully saturated rings. The van der Waals surface area contributed by atoms with Gasteiger partial charge in [-0.05, 0) is 89.8 Å². The number of pyridine rings is 1. The minimum Gasteiger partial charge on any atom is -0.491 e. The van der Waals surface area contributed by atoms with Gasteiger partial charge in [0.15, 0.2) is 5.76 Å². The third-order valence-electron chi connectivity index (χ3n) is 6.44. The average Bonchev–Trinajstić information content (AvgIpc) is 2.79. The maximum absolute atomic E-state index is 12.9. The molecule has 0 amide bonds. The largest absolute Gasteiger partial charge is 0.491 e. The van der Waals surface area contributed by atoms with Crippen LogP contribution in [-0.4, -0.2) is 17.9 Å². The van der Waals surface area contributed by atoms with E-state index in [2.05, 4.69) is 56.2 Å². The summed E-state index contributed by atoms with van der Waals surface area (Å²) in [5.74, 6) is 0.842. The summed E-state index contributed by atoms with van der Waals surface area (Å²) in [4.78, 5) is 17.0. The number of aromatic nitrogens is 1. The van der Waals surface area contributed by atoms with Crippen LogP contribution in [0.5, 0.6) is 0 Å². The molecule has 180 valence electrons. The van der Waals surface area contributed by atoms with E-state index in [0.717, 1.165) is 49.8 Å². The number of carbonyl (C=O) groups excluding carboxylic acids is 1. The lowest BCUT2D eigenvalue weighted by Crippen LogP contribution is -2.33. The van der Waals surface area contributed by atoms with Gasteiger partial charge < -0.3 is 10.1 Å². The van der Waals surface area contributed by atoms with Crippen molar-refractivity contribution in [3.63, 3.8) is 0 Å². The summed E-state index contributed by atoms with van der Waals surface area (Å²) in [6.45, 7) is 11.4. The molecule has 0 aromatic carbocycles. The van der Waals surface area contributed by atoms with Gasteiger partial charge in [-0.25, -0.2) is 0 Å². The number of rotatable bonds is 12. The number of nitrogens with one attached hydrogen (secondary N) is 1. The van der Waals surface area contributed by atoms with Crippen LogP contribution in [0.3, 0.4) is 0 Å². The third kappa shape index (κ3) is 9.03. The molecule has 1 aromatic rings. The van der Waals surface area contributed by atoms with Crippen molar-refractivity contribution in [2.45, 2.75) is 79.7 Å². The van der Waals surface area contributed by atoms with E-state index in [1.807, 2.05) is 19.1 Å². The molecule has 0 spiro atoms. The maximum Gasteiger partial charge on any atom is 0.202 e. The van der Waals surface area contributed by atoms with Gasteiger partial charge in [-0.2, -0.15) is 0 Å². The maximum atomic E-state index is 12.9. The van der Waals surface area contributed by atoms with Gasteiger partial charge in [-0.3, -0.25) is 9.78 Å². The number of methoxy groups -OCH3 is 1. The first-order valence-corrected chi connectivity index (χ1v) is 12.2. The van der Waals surface area contributed by atoms with Crippen LogP contribution in [0.4, 0.5) is 0 Å². The molecule has 0 bridgehead atoms. The minimum atomic E-state index is -0.0345. The Morgan fingerprint density at radius 2 is 1.70 bits per heavy atom. The van der Waals surface area contributed by atoms with Crippen molar-refractivity contribution in [3.8, 4) is 0 Å². The number of hydrogen-bond donors (Lipinski definition) is 1. The van der Waals surface area contributed by atoms with Gasteiger partial charge in [0.25, 0.3) is 0 Å². The second-order valence-electron chi connectivity index (χ2n) is 9.53. The lowest BCUT2D eigenvalue weighted by Gasteiger charge is -2.30. The Labute approximate surface area is 200 Å². The number of nitrogens with zero attached hydrogens (tertiary/aromatic N) is 1. The SMILES string of the molecule is COC1=C(NCc2ccncc2)C[C@@H](C/C=C(\C)CC/C=C(\C)CCC=C(C)C)C(C)C1=O. The molecule has 1 N–H and O–H groups in total. The summed E-state index contributed by atoms with van der Waals surface area (Å²) < 4.78 is 5.50. The fourth-order valence-electron chi connectivity index (χ4n) is 4.17. The molecular formula is C29H42N2O2. The van der Waals surface area contributed by atoms with Gasteiger partial charge in [-0.1, -0.05) is 41.9 Å². The lowest BCUT2D eigenvalue weighted by molar-refractivity contribution is -0.124. The van der Waals surface area contributed by atoms with E-state index in [1.54, 1.807) is 19.5 Å². The van der Waals surface area contributed by atoms with Crippen LogP contribution >= 0.6 is 0 Å². The van der Waals surface area contributed by atoms with E-state index in [4.69, 9.17) is 4.74 Å². The van der Waals surface area contributed by atoms with E-state index in [1.165, 1.54) is 16.7 Å². The first-order chi connectivity index (χ1) is 15.8. The average molecular weight is 451 g/mol. The highest BCUT2D eigenvalue weighted by molar-refractivity contribution is 5.96. The highest BCUT2D eigenvalue weighted by Crippen LogP contribution is 2.34. The normalized spacial score (nSPS) is 19.5. The van der Waals surface area contributed by atoms with E-state index < -0.39 is 0 Å². The molecule has 1 heterocycles. The fourth-order valence-corrected chi connectivity index (χ4v) is 4.17. The molecule has 0 aliphatic heterocycles. The van der Waals surface area contributed by atoms with Crippen molar-refractivity contribution in [1.29, 1.82) is 0 Å². The molecular weight excluding hydrogens is 408 g/mol. The quantitative estimate of drug-likeness (QED) is 0.346. The number of allylic oxidation sites excluding steroid dienone is 8. The van der Waals surface area contributed by atoms with Crippen molar-refractivity contribution in [3.05, 3.63) is 76.5 Å². The zero-order chi connectivity index (χ0) is 24.2. The summed E-state index contributed by atoms with van der Waals surface area (Å²) in [6, 6.07) is 3.96. The molecule has 4 nitrogen and oxygen atoms in total. The van der Waals surface area contributed by atoms with Crippen LogP contribution in [0.25, 0.3) is 0 Å². The van der Waals surface area contributed by atoms with Crippen molar-refractivity contribution >= 4 is 5.78 Å². The Morgan fingerprint density at radius 1 is 1.06 bits per heavy atom. The predicted octanol–water partition coefficient (Wildman–Crippen LogP) is 7.06.